The summed E-state index contributed by atoms with van der Waals surface area (Å²) >= 11 is 3.55. The standard InChI is InChI=1S/C16H19BrN2O2/c1-20-16(6-9-21-10-7-16)11-19-14-5-8-18-15-12(14)3-2-4-13(15)17/h2-5,8H,6-7,9-11H2,1H3,(H,18,19). The number of fused-ring (bicyclic) bond motifs is 1. The van der Waals surface area contributed by atoms with Crippen molar-refractivity contribution in [2.75, 3.05) is 32.2 Å². The van der Waals surface area contributed by atoms with Crippen molar-refractivity contribution >= 4 is 32.5 Å². The Labute approximate surface area is 133 Å². The van der Waals surface area contributed by atoms with Gasteiger partial charge in [0.05, 0.1) is 11.1 Å². The Hall–Kier alpha value is -1.17. The second kappa shape index (κ2) is 6.30. The third-order valence-electron chi connectivity index (χ3n) is 4.16. The van der Waals surface area contributed by atoms with E-state index >= 15 is 0 Å². The quantitative estimate of drug-likeness (QED) is 0.914. The number of halogens is 1. The van der Waals surface area contributed by atoms with Crippen molar-refractivity contribution in [3.8, 4) is 0 Å². The first-order valence-corrected chi connectivity index (χ1v) is 7.93. The van der Waals surface area contributed by atoms with Crippen LogP contribution in [-0.2, 0) is 9.47 Å². The van der Waals surface area contributed by atoms with Gasteiger partial charge in [-0.25, -0.2) is 0 Å². The van der Waals surface area contributed by atoms with Gasteiger partial charge in [0.1, 0.15) is 0 Å². The second-order valence-electron chi connectivity index (χ2n) is 5.35. The highest BCUT2D eigenvalue weighted by Crippen LogP contribution is 2.29. The molecule has 1 N–H and O–H groups in total. The molecular weight excluding hydrogens is 332 g/mol. The van der Waals surface area contributed by atoms with E-state index in [1.165, 1.54) is 0 Å². The van der Waals surface area contributed by atoms with E-state index in [0.717, 1.165) is 53.7 Å². The Kier molecular flexibility index (Phi) is 4.42. The molecule has 0 aliphatic carbocycles. The van der Waals surface area contributed by atoms with Crippen LogP contribution in [0.15, 0.2) is 34.9 Å². The normalized spacial score (nSPS) is 17.8. The molecule has 0 spiro atoms. The van der Waals surface area contributed by atoms with Gasteiger partial charge >= 0.3 is 0 Å². The Morgan fingerprint density at radius 3 is 2.90 bits per heavy atom. The number of para-hydroxylation sites is 1. The predicted molar refractivity (Wildman–Crippen MR) is 87.7 cm³/mol. The van der Waals surface area contributed by atoms with E-state index in [2.05, 4.69) is 32.3 Å². The van der Waals surface area contributed by atoms with Gasteiger partial charge in [-0.3, -0.25) is 4.98 Å². The molecule has 1 aliphatic heterocycles. The van der Waals surface area contributed by atoms with E-state index in [9.17, 15) is 0 Å². The van der Waals surface area contributed by atoms with Crippen LogP contribution in [0.5, 0.6) is 0 Å². The molecule has 0 amide bonds. The van der Waals surface area contributed by atoms with Crippen LogP contribution in [0.3, 0.4) is 0 Å². The van der Waals surface area contributed by atoms with Crippen molar-refractivity contribution in [2.45, 2.75) is 18.4 Å². The highest BCUT2D eigenvalue weighted by atomic mass is 79.9. The number of ether oxygens (including phenoxy) is 2. The molecule has 2 aromatic rings. The van der Waals surface area contributed by atoms with Crippen molar-refractivity contribution in [3.63, 3.8) is 0 Å². The van der Waals surface area contributed by atoms with Crippen LogP contribution < -0.4 is 5.32 Å². The van der Waals surface area contributed by atoms with Crippen molar-refractivity contribution in [1.29, 1.82) is 0 Å². The third kappa shape index (κ3) is 3.05. The van der Waals surface area contributed by atoms with Crippen molar-refractivity contribution in [2.24, 2.45) is 0 Å². The maximum absolute atomic E-state index is 5.77. The topological polar surface area (TPSA) is 43.4 Å². The van der Waals surface area contributed by atoms with E-state index in [1.807, 2.05) is 24.4 Å². The van der Waals surface area contributed by atoms with Crippen LogP contribution >= 0.6 is 15.9 Å². The Morgan fingerprint density at radius 2 is 2.14 bits per heavy atom. The third-order valence-corrected chi connectivity index (χ3v) is 4.80. The number of rotatable bonds is 4. The largest absolute Gasteiger partial charge is 0.382 e. The lowest BCUT2D eigenvalue weighted by Gasteiger charge is -2.36. The lowest BCUT2D eigenvalue weighted by molar-refractivity contribution is -0.0807. The fourth-order valence-corrected chi connectivity index (χ4v) is 3.22. The van der Waals surface area contributed by atoms with Crippen LogP contribution in [-0.4, -0.2) is 37.5 Å². The molecule has 0 radical (unpaired) electrons. The molecule has 4 nitrogen and oxygen atoms in total. The summed E-state index contributed by atoms with van der Waals surface area (Å²) in [7, 11) is 1.79. The predicted octanol–water partition coefficient (Wildman–Crippen LogP) is 3.60. The zero-order valence-corrected chi connectivity index (χ0v) is 13.6. The van der Waals surface area contributed by atoms with E-state index in [1.54, 1.807) is 7.11 Å². The molecular formula is C16H19BrN2O2. The van der Waals surface area contributed by atoms with Crippen LogP contribution in [0.25, 0.3) is 10.9 Å². The summed E-state index contributed by atoms with van der Waals surface area (Å²) < 4.78 is 12.2. The fraction of sp³-hybridized carbons (Fsp3) is 0.438. The van der Waals surface area contributed by atoms with Gasteiger partial charge in [0.25, 0.3) is 0 Å². The molecule has 5 heteroatoms. The monoisotopic (exact) mass is 350 g/mol. The molecule has 1 fully saturated rings. The summed E-state index contributed by atoms with van der Waals surface area (Å²) in [5.41, 5.74) is 1.92. The average Bonchev–Trinajstić information content (AvgIpc) is 2.54. The number of benzene rings is 1. The second-order valence-corrected chi connectivity index (χ2v) is 6.20. The lowest BCUT2D eigenvalue weighted by atomic mass is 9.94. The number of anilines is 1. The number of pyridine rings is 1. The minimum atomic E-state index is -0.139. The van der Waals surface area contributed by atoms with Crippen molar-refractivity contribution in [1.82, 2.24) is 4.98 Å². The molecule has 0 bridgehead atoms. The van der Waals surface area contributed by atoms with Crippen LogP contribution in [0.1, 0.15) is 12.8 Å². The maximum atomic E-state index is 5.77. The highest BCUT2D eigenvalue weighted by Gasteiger charge is 2.32. The van der Waals surface area contributed by atoms with Gasteiger partial charge in [-0.2, -0.15) is 0 Å². The summed E-state index contributed by atoms with van der Waals surface area (Å²) in [6.45, 7) is 2.30. The van der Waals surface area contributed by atoms with Crippen molar-refractivity contribution in [3.05, 3.63) is 34.9 Å². The number of hydrogen-bond acceptors (Lipinski definition) is 4. The Bertz CT molecular complexity index is 627. The minimum Gasteiger partial charge on any atom is -0.382 e. The summed E-state index contributed by atoms with van der Waals surface area (Å²) in [6, 6.07) is 8.13. The molecule has 0 saturated carbocycles. The van der Waals surface area contributed by atoms with E-state index in [-0.39, 0.29) is 5.60 Å². The fourth-order valence-electron chi connectivity index (χ4n) is 2.75. The molecule has 3 rings (SSSR count). The first-order chi connectivity index (χ1) is 10.2. The summed E-state index contributed by atoms with van der Waals surface area (Å²) in [5, 5.41) is 4.65. The van der Waals surface area contributed by atoms with Crippen LogP contribution in [0.4, 0.5) is 5.69 Å². The van der Waals surface area contributed by atoms with Crippen LogP contribution in [0, 0.1) is 0 Å². The van der Waals surface area contributed by atoms with Gasteiger partial charge < -0.3 is 14.8 Å². The number of hydrogen-bond donors (Lipinski definition) is 1. The molecule has 1 aliphatic rings. The lowest BCUT2D eigenvalue weighted by Crippen LogP contribution is -2.44. The van der Waals surface area contributed by atoms with E-state index in [0.29, 0.717) is 0 Å². The molecule has 0 atom stereocenters. The van der Waals surface area contributed by atoms with Crippen LogP contribution in [0.2, 0.25) is 0 Å². The number of nitrogens with one attached hydrogen (secondary N) is 1. The minimum absolute atomic E-state index is 0.139. The number of aromatic nitrogens is 1. The molecule has 21 heavy (non-hydrogen) atoms. The van der Waals surface area contributed by atoms with Gasteiger partial charge in [0, 0.05) is 61.5 Å². The van der Waals surface area contributed by atoms with Gasteiger partial charge in [-0.05, 0) is 28.1 Å². The molecule has 1 aromatic carbocycles. The maximum Gasteiger partial charge on any atom is 0.0893 e. The Balaban J connectivity index is 1.83. The van der Waals surface area contributed by atoms with Gasteiger partial charge in [-0.1, -0.05) is 12.1 Å². The summed E-state index contributed by atoms with van der Waals surface area (Å²) in [6.07, 6.45) is 3.67. The average molecular weight is 351 g/mol. The first-order valence-electron chi connectivity index (χ1n) is 7.14. The molecule has 0 unspecified atom stereocenters. The first kappa shape index (κ1) is 14.8. The molecule has 1 aromatic heterocycles. The SMILES string of the molecule is COC1(CNc2ccnc3c(Br)cccc23)CCOCC1. The number of methoxy groups -OCH3 is 1. The zero-order valence-electron chi connectivity index (χ0n) is 12.1. The van der Waals surface area contributed by atoms with Gasteiger partial charge in [0.2, 0.25) is 0 Å². The molecule has 112 valence electrons. The smallest absolute Gasteiger partial charge is 0.0893 e. The number of nitrogens with zero attached hydrogens (tertiary/aromatic N) is 1. The zero-order chi connectivity index (χ0) is 14.7. The summed E-state index contributed by atoms with van der Waals surface area (Å²) in [5.74, 6) is 0. The highest BCUT2D eigenvalue weighted by molar-refractivity contribution is 9.10. The summed E-state index contributed by atoms with van der Waals surface area (Å²) in [4.78, 5) is 4.44. The Morgan fingerprint density at radius 1 is 1.33 bits per heavy atom. The molecule has 2 heterocycles. The van der Waals surface area contributed by atoms with E-state index in [4.69, 9.17) is 9.47 Å². The van der Waals surface area contributed by atoms with Gasteiger partial charge in [0.15, 0.2) is 0 Å². The van der Waals surface area contributed by atoms with Crippen molar-refractivity contribution < 1.29 is 9.47 Å². The van der Waals surface area contributed by atoms with Gasteiger partial charge in [-0.15, -0.1) is 0 Å². The van der Waals surface area contributed by atoms with E-state index < -0.39 is 0 Å². The molecule has 1 saturated heterocycles.